The van der Waals surface area contributed by atoms with Crippen LogP contribution in [0.25, 0.3) is 32.2 Å². The lowest BCUT2D eigenvalue weighted by Gasteiger charge is -2.09. The van der Waals surface area contributed by atoms with Crippen LogP contribution < -0.4 is 15.0 Å². The van der Waals surface area contributed by atoms with Crippen molar-refractivity contribution in [3.05, 3.63) is 76.3 Å². The molecule has 32 heavy (non-hydrogen) atoms. The van der Waals surface area contributed by atoms with Crippen molar-refractivity contribution < 1.29 is 14.3 Å². The van der Waals surface area contributed by atoms with Crippen molar-refractivity contribution >= 4 is 38.2 Å². The number of aromatic amines is 1. The van der Waals surface area contributed by atoms with Crippen LogP contribution in [0.1, 0.15) is 10.4 Å². The first-order chi connectivity index (χ1) is 15.6. The summed E-state index contributed by atoms with van der Waals surface area (Å²) < 4.78 is 12.1. The van der Waals surface area contributed by atoms with Crippen LogP contribution in [0.3, 0.4) is 0 Å². The Morgan fingerprint density at radius 3 is 2.75 bits per heavy atom. The van der Waals surface area contributed by atoms with Gasteiger partial charge < -0.3 is 14.5 Å². The fourth-order valence-electron chi connectivity index (χ4n) is 3.84. The first kappa shape index (κ1) is 20.0. The molecule has 1 N–H and O–H groups in total. The molecule has 8 heteroatoms. The number of ketones is 1. The number of hydrogen-bond donors (Lipinski definition) is 1. The summed E-state index contributed by atoms with van der Waals surface area (Å²) in [6, 6.07) is 13.1. The van der Waals surface area contributed by atoms with Crippen molar-refractivity contribution in [2.75, 3.05) is 14.2 Å². The highest BCUT2D eigenvalue weighted by atomic mass is 32.1. The van der Waals surface area contributed by atoms with E-state index < -0.39 is 0 Å². The number of hydrogen-bond acceptors (Lipinski definition) is 6. The predicted molar refractivity (Wildman–Crippen MR) is 125 cm³/mol. The molecule has 0 aliphatic heterocycles. The molecule has 2 aromatic carbocycles. The van der Waals surface area contributed by atoms with Crippen molar-refractivity contribution in [1.82, 2.24) is 14.5 Å². The van der Waals surface area contributed by atoms with E-state index in [4.69, 9.17) is 9.47 Å². The smallest absolute Gasteiger partial charge is 0.263 e. The molecule has 0 aliphatic rings. The van der Waals surface area contributed by atoms with Gasteiger partial charge in [-0.2, -0.15) is 0 Å². The van der Waals surface area contributed by atoms with Crippen molar-refractivity contribution in [3.63, 3.8) is 0 Å². The molecule has 5 aromatic rings. The molecule has 160 valence electrons. The van der Waals surface area contributed by atoms with Crippen LogP contribution in [0, 0.1) is 0 Å². The van der Waals surface area contributed by atoms with Crippen molar-refractivity contribution in [1.29, 1.82) is 0 Å². The second kappa shape index (κ2) is 7.97. The standard InChI is InChI=1S/C24H19N3O4S/c1-30-20-8-7-14(9-21(20)31-2)17-12-32-23-22(17)24(29)27(13-26-23)11-19(28)16-10-25-18-6-4-3-5-15(16)18/h3-10,12-13,25H,11H2,1-2H3. The number of carbonyl (C=O) groups excluding carboxylic acids is 1. The number of methoxy groups -OCH3 is 2. The third-order valence-electron chi connectivity index (χ3n) is 5.46. The van der Waals surface area contributed by atoms with Gasteiger partial charge in [0, 0.05) is 33.6 Å². The summed E-state index contributed by atoms with van der Waals surface area (Å²) in [6.07, 6.45) is 3.12. The number of ether oxygens (including phenoxy) is 2. The molecule has 0 amide bonds. The van der Waals surface area contributed by atoms with Crippen LogP contribution in [-0.4, -0.2) is 34.5 Å². The molecule has 0 spiro atoms. The Morgan fingerprint density at radius 1 is 1.12 bits per heavy atom. The molecule has 0 saturated heterocycles. The third-order valence-corrected chi connectivity index (χ3v) is 6.35. The van der Waals surface area contributed by atoms with Crippen LogP contribution in [0.2, 0.25) is 0 Å². The largest absolute Gasteiger partial charge is 0.493 e. The van der Waals surface area contributed by atoms with Gasteiger partial charge in [-0.15, -0.1) is 11.3 Å². The number of nitrogens with one attached hydrogen (secondary N) is 1. The van der Waals surface area contributed by atoms with E-state index in [1.807, 2.05) is 41.8 Å². The van der Waals surface area contributed by atoms with Crippen molar-refractivity contribution in [2.45, 2.75) is 6.54 Å². The highest BCUT2D eigenvalue weighted by molar-refractivity contribution is 7.17. The molecule has 3 heterocycles. The highest BCUT2D eigenvalue weighted by Crippen LogP contribution is 2.36. The number of carbonyl (C=O) groups is 1. The van der Waals surface area contributed by atoms with Gasteiger partial charge in [0.05, 0.1) is 32.5 Å². The van der Waals surface area contributed by atoms with Gasteiger partial charge in [0.2, 0.25) is 0 Å². The van der Waals surface area contributed by atoms with Crippen LogP contribution in [0.15, 0.2) is 65.2 Å². The molecule has 5 rings (SSSR count). The molecular weight excluding hydrogens is 426 g/mol. The topological polar surface area (TPSA) is 86.2 Å². The lowest BCUT2D eigenvalue weighted by atomic mass is 10.1. The van der Waals surface area contributed by atoms with E-state index >= 15 is 0 Å². The molecule has 0 aliphatic carbocycles. The Bertz CT molecular complexity index is 1530. The molecule has 0 fully saturated rings. The van der Waals surface area contributed by atoms with E-state index in [2.05, 4.69) is 9.97 Å². The number of thiophene rings is 1. The summed E-state index contributed by atoms with van der Waals surface area (Å²) in [4.78, 5) is 34.5. The SMILES string of the molecule is COc1ccc(-c2csc3ncn(CC(=O)c4c[nH]c5ccccc45)c(=O)c23)cc1OC. The quantitative estimate of drug-likeness (QED) is 0.389. The maximum atomic E-state index is 13.3. The minimum absolute atomic E-state index is 0.0924. The molecule has 0 bridgehead atoms. The first-order valence-corrected chi connectivity index (χ1v) is 10.8. The van der Waals surface area contributed by atoms with Crippen LogP contribution >= 0.6 is 11.3 Å². The zero-order valence-electron chi connectivity index (χ0n) is 17.4. The Hall–Kier alpha value is -3.91. The Kier molecular flexibility index (Phi) is 4.99. The van der Waals surface area contributed by atoms with E-state index in [0.717, 1.165) is 22.0 Å². The molecule has 0 saturated carbocycles. The molecule has 3 aromatic heterocycles. The van der Waals surface area contributed by atoms with E-state index in [1.165, 1.54) is 22.2 Å². The van der Waals surface area contributed by atoms with E-state index in [9.17, 15) is 9.59 Å². The average Bonchev–Trinajstić information content (AvgIpc) is 3.45. The Labute approximate surface area is 186 Å². The van der Waals surface area contributed by atoms with Gasteiger partial charge in [0.1, 0.15) is 4.83 Å². The van der Waals surface area contributed by atoms with E-state index in [0.29, 0.717) is 27.3 Å². The number of rotatable bonds is 6. The summed E-state index contributed by atoms with van der Waals surface area (Å²) in [5.74, 6) is 1.02. The normalized spacial score (nSPS) is 11.2. The average molecular weight is 446 g/mol. The fraction of sp³-hybridized carbons (Fsp3) is 0.125. The zero-order chi connectivity index (χ0) is 22.2. The minimum atomic E-state index is -0.255. The molecule has 7 nitrogen and oxygen atoms in total. The van der Waals surface area contributed by atoms with Crippen molar-refractivity contribution in [2.24, 2.45) is 0 Å². The lowest BCUT2D eigenvalue weighted by Crippen LogP contribution is -2.24. The van der Waals surface area contributed by atoms with Gasteiger partial charge in [-0.25, -0.2) is 4.98 Å². The van der Waals surface area contributed by atoms with E-state index in [-0.39, 0.29) is 17.9 Å². The Morgan fingerprint density at radius 2 is 1.94 bits per heavy atom. The summed E-state index contributed by atoms with van der Waals surface area (Å²) in [5, 5.41) is 3.21. The Balaban J connectivity index is 1.56. The summed E-state index contributed by atoms with van der Waals surface area (Å²) >= 11 is 1.39. The maximum absolute atomic E-state index is 13.3. The van der Waals surface area contributed by atoms with Crippen LogP contribution in [0.4, 0.5) is 0 Å². The zero-order valence-corrected chi connectivity index (χ0v) is 18.2. The molecular formula is C24H19N3O4S. The molecule has 0 unspecified atom stereocenters. The number of aromatic nitrogens is 3. The number of nitrogens with zero attached hydrogens (tertiary/aromatic N) is 2. The predicted octanol–water partition coefficient (Wildman–Crippen LogP) is 4.51. The number of para-hydroxylation sites is 1. The number of H-pyrrole nitrogens is 1. The summed E-state index contributed by atoms with van der Waals surface area (Å²) in [7, 11) is 3.14. The third kappa shape index (κ3) is 3.25. The first-order valence-electron chi connectivity index (χ1n) is 9.89. The second-order valence-electron chi connectivity index (χ2n) is 7.25. The summed E-state index contributed by atoms with van der Waals surface area (Å²) in [6.45, 7) is -0.0924. The van der Waals surface area contributed by atoms with Crippen LogP contribution in [0.5, 0.6) is 11.5 Å². The summed E-state index contributed by atoms with van der Waals surface area (Å²) in [5.41, 5.74) is 2.74. The van der Waals surface area contributed by atoms with Gasteiger partial charge in [0.25, 0.3) is 5.56 Å². The number of benzene rings is 2. The van der Waals surface area contributed by atoms with Gasteiger partial charge in [0.15, 0.2) is 17.3 Å². The van der Waals surface area contributed by atoms with Crippen molar-refractivity contribution in [3.8, 4) is 22.6 Å². The number of Topliss-reactive ketones (excluding diaryl/α,β-unsaturated/α-hetero) is 1. The van der Waals surface area contributed by atoms with Gasteiger partial charge in [-0.3, -0.25) is 14.2 Å². The highest BCUT2D eigenvalue weighted by Gasteiger charge is 2.18. The lowest BCUT2D eigenvalue weighted by molar-refractivity contribution is 0.0972. The van der Waals surface area contributed by atoms with Gasteiger partial charge in [-0.1, -0.05) is 24.3 Å². The number of fused-ring (bicyclic) bond motifs is 2. The fourth-order valence-corrected chi connectivity index (χ4v) is 4.75. The maximum Gasteiger partial charge on any atom is 0.263 e. The van der Waals surface area contributed by atoms with Gasteiger partial charge >= 0.3 is 0 Å². The van der Waals surface area contributed by atoms with E-state index in [1.54, 1.807) is 26.5 Å². The molecule has 0 radical (unpaired) electrons. The minimum Gasteiger partial charge on any atom is -0.493 e. The van der Waals surface area contributed by atoms with Gasteiger partial charge in [-0.05, 0) is 23.8 Å². The van der Waals surface area contributed by atoms with Crippen LogP contribution in [-0.2, 0) is 6.54 Å². The second-order valence-corrected chi connectivity index (χ2v) is 8.11. The monoisotopic (exact) mass is 445 g/mol. The molecule has 0 atom stereocenters.